The van der Waals surface area contributed by atoms with E-state index in [1.165, 1.54) is 19.2 Å². The highest BCUT2D eigenvalue weighted by molar-refractivity contribution is 5.98. The van der Waals surface area contributed by atoms with Crippen molar-refractivity contribution in [2.45, 2.75) is 6.92 Å². The minimum Gasteiger partial charge on any atom is -0.394 e. The Kier molecular flexibility index (Phi) is 5.84. The highest BCUT2D eigenvalue weighted by Gasteiger charge is 2.19. The van der Waals surface area contributed by atoms with E-state index in [1.54, 1.807) is 13.0 Å². The first-order chi connectivity index (χ1) is 11.8. The molecule has 0 aliphatic heterocycles. The number of pyridine rings is 1. The van der Waals surface area contributed by atoms with Crippen LogP contribution in [-0.4, -0.2) is 28.8 Å². The summed E-state index contributed by atoms with van der Waals surface area (Å²) in [5.74, 6) is -2.72. The van der Waals surface area contributed by atoms with Gasteiger partial charge in [0.15, 0.2) is 5.82 Å². The van der Waals surface area contributed by atoms with Crippen LogP contribution in [-0.2, 0) is 11.9 Å². The van der Waals surface area contributed by atoms with Crippen LogP contribution in [0.3, 0.4) is 0 Å². The van der Waals surface area contributed by atoms with Crippen molar-refractivity contribution < 1.29 is 23.5 Å². The topological polar surface area (TPSA) is 92.6 Å². The van der Waals surface area contributed by atoms with Crippen LogP contribution in [0.15, 0.2) is 29.1 Å². The molecule has 25 heavy (non-hydrogen) atoms. The number of nitrogens with zero attached hydrogens (tertiary/aromatic N) is 1. The fourth-order valence-corrected chi connectivity index (χ4v) is 2.09. The lowest BCUT2D eigenvalue weighted by Crippen LogP contribution is -2.30. The molecule has 0 radical (unpaired) electrons. The molecular formula is C16H17F2N3O4. The monoisotopic (exact) mass is 353 g/mol. The van der Waals surface area contributed by atoms with Gasteiger partial charge in [-0.15, -0.1) is 0 Å². The first-order valence-electron chi connectivity index (χ1n) is 7.31. The van der Waals surface area contributed by atoms with Gasteiger partial charge in [0.05, 0.1) is 24.5 Å². The van der Waals surface area contributed by atoms with Gasteiger partial charge >= 0.3 is 0 Å². The van der Waals surface area contributed by atoms with Gasteiger partial charge in [0.25, 0.3) is 11.5 Å². The maximum atomic E-state index is 14.1. The summed E-state index contributed by atoms with van der Waals surface area (Å²) in [6.45, 7) is 1.20. The lowest BCUT2D eigenvalue weighted by molar-refractivity contribution is 0.0168. The van der Waals surface area contributed by atoms with E-state index in [1.807, 2.05) is 5.48 Å². The van der Waals surface area contributed by atoms with Crippen molar-refractivity contribution in [1.29, 1.82) is 0 Å². The fourth-order valence-electron chi connectivity index (χ4n) is 2.09. The molecule has 0 bridgehead atoms. The van der Waals surface area contributed by atoms with Gasteiger partial charge in [-0.25, -0.2) is 14.3 Å². The summed E-state index contributed by atoms with van der Waals surface area (Å²) in [6, 6.07) is 5.07. The number of carbonyl (C=O) groups excluding carboxylic acids is 1. The number of aryl methyl sites for hydroxylation is 1. The third kappa shape index (κ3) is 4.20. The second kappa shape index (κ2) is 7.86. The summed E-state index contributed by atoms with van der Waals surface area (Å²) in [5, 5.41) is 11.3. The molecule has 2 rings (SSSR count). The Hall–Kier alpha value is -2.78. The number of benzene rings is 1. The molecule has 134 valence electrons. The van der Waals surface area contributed by atoms with Gasteiger partial charge in [-0.1, -0.05) is 6.07 Å². The molecule has 0 fully saturated rings. The van der Waals surface area contributed by atoms with E-state index >= 15 is 0 Å². The highest BCUT2D eigenvalue weighted by atomic mass is 19.1. The average molecular weight is 353 g/mol. The van der Waals surface area contributed by atoms with Gasteiger partial charge in [-0.2, -0.15) is 0 Å². The van der Waals surface area contributed by atoms with Crippen molar-refractivity contribution in [3.05, 3.63) is 57.4 Å². The largest absolute Gasteiger partial charge is 0.394 e. The minimum absolute atomic E-state index is 0.0116. The van der Waals surface area contributed by atoms with Gasteiger partial charge in [-0.3, -0.25) is 19.0 Å². The summed E-state index contributed by atoms with van der Waals surface area (Å²) in [4.78, 5) is 28.7. The number of aliphatic hydroxyl groups excluding tert-OH is 1. The molecule has 0 aliphatic carbocycles. The Morgan fingerprint density at radius 2 is 2.00 bits per heavy atom. The zero-order chi connectivity index (χ0) is 18.6. The third-order valence-electron chi connectivity index (χ3n) is 3.35. The van der Waals surface area contributed by atoms with Crippen molar-refractivity contribution in [3.63, 3.8) is 0 Å². The number of hydroxylamine groups is 1. The van der Waals surface area contributed by atoms with Crippen molar-refractivity contribution in [3.8, 4) is 0 Å². The van der Waals surface area contributed by atoms with E-state index in [-0.39, 0.29) is 30.3 Å². The molecule has 3 N–H and O–H groups in total. The molecule has 0 aliphatic rings. The van der Waals surface area contributed by atoms with E-state index in [0.29, 0.717) is 5.56 Å². The normalized spacial score (nSPS) is 10.6. The molecule has 2 aromatic rings. The summed E-state index contributed by atoms with van der Waals surface area (Å²) >= 11 is 0. The van der Waals surface area contributed by atoms with Gasteiger partial charge in [-0.05, 0) is 30.7 Å². The minimum atomic E-state index is -1.15. The molecule has 0 spiro atoms. The van der Waals surface area contributed by atoms with Gasteiger partial charge in [0.1, 0.15) is 11.6 Å². The lowest BCUT2D eigenvalue weighted by atomic mass is 10.2. The summed E-state index contributed by atoms with van der Waals surface area (Å²) in [7, 11) is 1.24. The van der Waals surface area contributed by atoms with Crippen molar-refractivity contribution in [2.75, 3.05) is 18.5 Å². The van der Waals surface area contributed by atoms with Crippen molar-refractivity contribution >= 4 is 17.4 Å². The van der Waals surface area contributed by atoms with Crippen LogP contribution in [0.1, 0.15) is 15.9 Å². The van der Waals surface area contributed by atoms with Gasteiger partial charge < -0.3 is 10.4 Å². The highest BCUT2D eigenvalue weighted by Crippen LogP contribution is 2.23. The molecule has 1 heterocycles. The van der Waals surface area contributed by atoms with Gasteiger partial charge in [0.2, 0.25) is 0 Å². The second-order valence-electron chi connectivity index (χ2n) is 5.23. The van der Waals surface area contributed by atoms with Gasteiger partial charge in [0, 0.05) is 7.05 Å². The molecule has 0 unspecified atom stereocenters. The van der Waals surface area contributed by atoms with Crippen molar-refractivity contribution in [2.24, 2.45) is 7.05 Å². The van der Waals surface area contributed by atoms with E-state index in [0.717, 1.165) is 10.6 Å². The number of amides is 1. The Morgan fingerprint density at radius 1 is 1.28 bits per heavy atom. The van der Waals surface area contributed by atoms with E-state index in [2.05, 4.69) is 5.32 Å². The molecule has 1 amide bonds. The van der Waals surface area contributed by atoms with E-state index < -0.39 is 23.1 Å². The van der Waals surface area contributed by atoms with Crippen LogP contribution in [0.5, 0.6) is 0 Å². The number of hydrogen-bond donors (Lipinski definition) is 3. The SMILES string of the molecule is Cc1ccc(Nc2c(C(=O)NOCCO)cc(F)c(=O)n2C)c(F)c1. The second-order valence-corrected chi connectivity index (χ2v) is 5.23. The number of nitrogens with one attached hydrogen (secondary N) is 2. The predicted molar refractivity (Wildman–Crippen MR) is 86.6 cm³/mol. The molecule has 0 atom stereocenters. The standard InChI is InChI=1S/C16H17F2N3O4/c1-9-3-4-13(11(17)7-9)19-14-10(15(23)20-25-6-5-22)8-12(18)16(24)21(14)2/h3-4,7-8,19,22H,5-6H2,1-2H3,(H,20,23). The summed E-state index contributed by atoms with van der Waals surface area (Å²) in [6.07, 6.45) is 0. The summed E-state index contributed by atoms with van der Waals surface area (Å²) < 4.78 is 28.7. The predicted octanol–water partition coefficient (Wildman–Crippen LogP) is 1.37. The summed E-state index contributed by atoms with van der Waals surface area (Å²) in [5.41, 5.74) is 1.46. The number of halogens is 2. The number of rotatable bonds is 6. The van der Waals surface area contributed by atoms with Crippen LogP contribution in [0.25, 0.3) is 0 Å². The molecule has 0 saturated heterocycles. The zero-order valence-electron chi connectivity index (χ0n) is 13.6. The maximum Gasteiger partial charge on any atom is 0.287 e. The Bertz CT molecular complexity index is 852. The third-order valence-corrected chi connectivity index (χ3v) is 3.35. The Labute approximate surface area is 141 Å². The zero-order valence-corrected chi connectivity index (χ0v) is 13.6. The quantitative estimate of drug-likeness (QED) is 0.539. The molecular weight excluding hydrogens is 336 g/mol. The van der Waals surface area contributed by atoms with Crippen LogP contribution >= 0.6 is 0 Å². The number of hydrogen-bond acceptors (Lipinski definition) is 5. The number of aromatic nitrogens is 1. The average Bonchev–Trinajstić information content (AvgIpc) is 2.57. The van der Waals surface area contributed by atoms with Crippen LogP contribution in [0.4, 0.5) is 20.3 Å². The van der Waals surface area contributed by atoms with E-state index in [9.17, 15) is 18.4 Å². The van der Waals surface area contributed by atoms with Crippen LogP contribution in [0.2, 0.25) is 0 Å². The van der Waals surface area contributed by atoms with Crippen molar-refractivity contribution in [1.82, 2.24) is 10.0 Å². The first kappa shape index (κ1) is 18.6. The fraction of sp³-hybridized carbons (Fsp3) is 0.250. The first-order valence-corrected chi connectivity index (χ1v) is 7.31. The van der Waals surface area contributed by atoms with E-state index in [4.69, 9.17) is 9.94 Å². The molecule has 1 aromatic carbocycles. The Morgan fingerprint density at radius 3 is 2.64 bits per heavy atom. The Balaban J connectivity index is 2.45. The number of anilines is 2. The molecule has 7 nitrogen and oxygen atoms in total. The molecule has 0 saturated carbocycles. The molecule has 1 aromatic heterocycles. The smallest absolute Gasteiger partial charge is 0.287 e. The number of aliphatic hydroxyl groups is 1. The number of carbonyl (C=O) groups is 1. The lowest BCUT2D eigenvalue weighted by Gasteiger charge is -2.16. The molecule has 9 heteroatoms. The van der Waals surface area contributed by atoms with Crippen LogP contribution in [0, 0.1) is 18.6 Å². The maximum absolute atomic E-state index is 14.1. The van der Waals surface area contributed by atoms with Crippen LogP contribution < -0.4 is 16.4 Å².